The monoisotopic (exact) mass is 395 g/mol. The highest BCUT2D eigenvalue weighted by Crippen LogP contribution is 2.38. The van der Waals surface area contributed by atoms with Crippen LogP contribution in [-0.2, 0) is 7.05 Å². The number of aromatic nitrogens is 1. The van der Waals surface area contributed by atoms with E-state index in [1.807, 2.05) is 77.8 Å². The number of pyridine rings is 1. The van der Waals surface area contributed by atoms with E-state index < -0.39 is 0 Å². The summed E-state index contributed by atoms with van der Waals surface area (Å²) in [5, 5.41) is 18.4. The minimum absolute atomic E-state index is 0.00540. The third kappa shape index (κ3) is 2.87. The van der Waals surface area contributed by atoms with Gasteiger partial charge in [0.2, 0.25) is 0 Å². The summed E-state index contributed by atoms with van der Waals surface area (Å²) < 4.78 is 1.58. The van der Waals surface area contributed by atoms with E-state index in [0.29, 0.717) is 23.0 Å². The second kappa shape index (κ2) is 7.19. The number of nitrogens with zero attached hydrogens (tertiary/aromatic N) is 3. The first-order valence-electron chi connectivity index (χ1n) is 9.93. The summed E-state index contributed by atoms with van der Waals surface area (Å²) in [6.45, 7) is 0. The number of hydrogen-bond acceptors (Lipinski definition) is 4. The van der Waals surface area contributed by atoms with Gasteiger partial charge >= 0.3 is 0 Å². The largest absolute Gasteiger partial charge is 0.506 e. The first kappa shape index (κ1) is 18.2. The molecule has 0 fully saturated rings. The number of aromatic hydroxyl groups is 1. The first-order chi connectivity index (χ1) is 14.6. The molecule has 0 amide bonds. The van der Waals surface area contributed by atoms with Gasteiger partial charge in [0.1, 0.15) is 11.3 Å². The molecule has 5 rings (SSSR count). The summed E-state index contributed by atoms with van der Waals surface area (Å²) in [5.74, 6) is -0.00540. The minimum Gasteiger partial charge on any atom is -0.506 e. The standard InChI is InChI=1S/C25H21N3O2/c1-27-21-15-9-8-14-19(21)24(29)23(25(27)30)20-16-22(17-10-4-2-5-11-17)28(26-20)18-12-6-3-7-13-18/h2-15,22,29H,16H2,1H3. The molecular formula is C25H21N3O2. The molecule has 4 aromatic rings. The van der Waals surface area contributed by atoms with Crippen molar-refractivity contribution >= 4 is 22.3 Å². The van der Waals surface area contributed by atoms with Crippen molar-refractivity contribution in [1.82, 2.24) is 4.57 Å². The Labute approximate surface area is 174 Å². The summed E-state index contributed by atoms with van der Waals surface area (Å²) in [6, 6.07) is 27.3. The van der Waals surface area contributed by atoms with Crippen molar-refractivity contribution in [2.45, 2.75) is 12.5 Å². The normalized spacial score (nSPS) is 16.1. The van der Waals surface area contributed by atoms with Gasteiger partial charge in [-0.2, -0.15) is 5.10 Å². The van der Waals surface area contributed by atoms with Gasteiger partial charge in [-0.1, -0.05) is 60.7 Å². The molecule has 1 aliphatic rings. The van der Waals surface area contributed by atoms with Crippen molar-refractivity contribution < 1.29 is 5.11 Å². The highest BCUT2D eigenvalue weighted by Gasteiger charge is 2.33. The second-order valence-corrected chi connectivity index (χ2v) is 7.46. The molecule has 1 aromatic heterocycles. The number of hydrogen-bond donors (Lipinski definition) is 1. The zero-order valence-corrected chi connectivity index (χ0v) is 16.6. The van der Waals surface area contributed by atoms with Gasteiger partial charge in [0, 0.05) is 18.9 Å². The molecule has 0 spiro atoms. The number of anilines is 1. The van der Waals surface area contributed by atoms with E-state index in [1.54, 1.807) is 11.6 Å². The van der Waals surface area contributed by atoms with Crippen LogP contribution in [0, 0.1) is 0 Å². The number of para-hydroxylation sites is 2. The number of benzene rings is 3. The number of aryl methyl sites for hydroxylation is 1. The Morgan fingerprint density at radius 2 is 1.53 bits per heavy atom. The van der Waals surface area contributed by atoms with Crippen LogP contribution in [0.5, 0.6) is 5.75 Å². The lowest BCUT2D eigenvalue weighted by Crippen LogP contribution is -2.24. The highest BCUT2D eigenvalue weighted by molar-refractivity contribution is 6.08. The summed E-state index contributed by atoms with van der Waals surface area (Å²) in [7, 11) is 1.73. The smallest absolute Gasteiger partial charge is 0.263 e. The lowest BCUT2D eigenvalue weighted by molar-refractivity contribution is 0.478. The summed E-state index contributed by atoms with van der Waals surface area (Å²) in [4.78, 5) is 13.2. The first-order valence-corrected chi connectivity index (χ1v) is 9.93. The van der Waals surface area contributed by atoms with Crippen LogP contribution in [-0.4, -0.2) is 15.4 Å². The maximum absolute atomic E-state index is 13.2. The molecule has 30 heavy (non-hydrogen) atoms. The minimum atomic E-state index is -0.244. The van der Waals surface area contributed by atoms with E-state index in [1.165, 1.54) is 0 Å². The molecule has 5 nitrogen and oxygen atoms in total. The van der Waals surface area contributed by atoms with Gasteiger partial charge in [0.05, 0.1) is 23.0 Å². The predicted molar refractivity (Wildman–Crippen MR) is 120 cm³/mol. The topological polar surface area (TPSA) is 57.8 Å². The van der Waals surface area contributed by atoms with Crippen LogP contribution < -0.4 is 10.6 Å². The van der Waals surface area contributed by atoms with Gasteiger partial charge in [0.15, 0.2) is 0 Å². The van der Waals surface area contributed by atoms with Gasteiger partial charge in [-0.05, 0) is 29.8 Å². The third-order valence-electron chi connectivity index (χ3n) is 5.68. The van der Waals surface area contributed by atoms with E-state index in [-0.39, 0.29) is 22.9 Å². The van der Waals surface area contributed by atoms with Gasteiger partial charge in [0.25, 0.3) is 5.56 Å². The second-order valence-electron chi connectivity index (χ2n) is 7.46. The van der Waals surface area contributed by atoms with Crippen molar-refractivity contribution in [2.75, 3.05) is 5.01 Å². The molecule has 5 heteroatoms. The molecule has 3 aromatic carbocycles. The zero-order chi connectivity index (χ0) is 20.7. The molecule has 0 bridgehead atoms. The molecule has 0 aliphatic carbocycles. The Balaban J connectivity index is 1.69. The Morgan fingerprint density at radius 3 is 2.27 bits per heavy atom. The van der Waals surface area contributed by atoms with Crippen molar-refractivity contribution in [2.24, 2.45) is 12.1 Å². The molecule has 1 atom stereocenters. The SMILES string of the molecule is Cn1c(=O)c(C2=NN(c3ccccc3)C(c3ccccc3)C2)c(O)c2ccccc21. The van der Waals surface area contributed by atoms with Gasteiger partial charge in [-0.3, -0.25) is 9.80 Å². The fourth-order valence-corrected chi connectivity index (χ4v) is 4.15. The molecule has 0 saturated carbocycles. The Morgan fingerprint density at radius 1 is 0.900 bits per heavy atom. The third-order valence-corrected chi connectivity index (χ3v) is 5.68. The molecule has 1 aliphatic heterocycles. The predicted octanol–water partition coefficient (Wildman–Crippen LogP) is 4.60. The van der Waals surface area contributed by atoms with Crippen LogP contribution in [0.15, 0.2) is 94.8 Å². The quantitative estimate of drug-likeness (QED) is 0.552. The number of hydrazone groups is 1. The van der Waals surface area contributed by atoms with Crippen LogP contribution in [0.25, 0.3) is 10.9 Å². The van der Waals surface area contributed by atoms with E-state index in [9.17, 15) is 9.90 Å². The van der Waals surface area contributed by atoms with Gasteiger partial charge in [-0.25, -0.2) is 0 Å². The van der Waals surface area contributed by atoms with E-state index in [0.717, 1.165) is 11.3 Å². The zero-order valence-electron chi connectivity index (χ0n) is 16.6. The molecule has 1 N–H and O–H groups in total. The van der Waals surface area contributed by atoms with Crippen molar-refractivity contribution in [3.63, 3.8) is 0 Å². The Bertz CT molecular complexity index is 1310. The molecule has 0 radical (unpaired) electrons. The van der Waals surface area contributed by atoms with E-state index in [4.69, 9.17) is 5.10 Å². The van der Waals surface area contributed by atoms with Crippen molar-refractivity contribution in [1.29, 1.82) is 0 Å². The van der Waals surface area contributed by atoms with E-state index >= 15 is 0 Å². The van der Waals surface area contributed by atoms with Crippen LogP contribution in [0.2, 0.25) is 0 Å². The number of fused-ring (bicyclic) bond motifs is 1. The lowest BCUT2D eigenvalue weighted by atomic mass is 9.97. The van der Waals surface area contributed by atoms with Crippen LogP contribution in [0.4, 0.5) is 5.69 Å². The van der Waals surface area contributed by atoms with Gasteiger partial charge in [-0.15, -0.1) is 0 Å². The Hall–Kier alpha value is -3.86. The molecule has 148 valence electrons. The van der Waals surface area contributed by atoms with Crippen LogP contribution in [0.3, 0.4) is 0 Å². The summed E-state index contributed by atoms with van der Waals surface area (Å²) >= 11 is 0. The fourth-order valence-electron chi connectivity index (χ4n) is 4.15. The van der Waals surface area contributed by atoms with E-state index in [2.05, 4.69) is 12.1 Å². The van der Waals surface area contributed by atoms with Gasteiger partial charge < -0.3 is 9.67 Å². The molecule has 2 heterocycles. The maximum Gasteiger partial charge on any atom is 0.263 e. The Kier molecular flexibility index (Phi) is 4.36. The van der Waals surface area contributed by atoms with Crippen molar-refractivity contribution in [3.8, 4) is 5.75 Å². The average molecular weight is 395 g/mol. The fraction of sp³-hybridized carbons (Fsp3) is 0.120. The number of rotatable bonds is 3. The van der Waals surface area contributed by atoms with Crippen LogP contribution >= 0.6 is 0 Å². The molecule has 1 unspecified atom stereocenters. The summed E-state index contributed by atoms with van der Waals surface area (Å²) in [6.07, 6.45) is 0.528. The average Bonchev–Trinajstić information content (AvgIpc) is 3.24. The maximum atomic E-state index is 13.2. The van der Waals surface area contributed by atoms with Crippen molar-refractivity contribution in [3.05, 3.63) is 106 Å². The molecule has 0 saturated heterocycles. The van der Waals surface area contributed by atoms with Crippen LogP contribution in [0.1, 0.15) is 23.6 Å². The summed E-state index contributed by atoms with van der Waals surface area (Å²) in [5.41, 5.74) is 3.37. The molecular weight excluding hydrogens is 374 g/mol. The lowest BCUT2D eigenvalue weighted by Gasteiger charge is -2.23. The highest BCUT2D eigenvalue weighted by atomic mass is 16.3.